The quantitative estimate of drug-likeness (QED) is 0.391. The van der Waals surface area contributed by atoms with Crippen LogP contribution in [0.3, 0.4) is 0 Å². The van der Waals surface area contributed by atoms with Gasteiger partial charge in [0.2, 0.25) is 5.91 Å². The molecule has 0 spiro atoms. The molecule has 0 bridgehead atoms. The fraction of sp³-hybridized carbons (Fsp3) is 0.370. The lowest BCUT2D eigenvalue weighted by Crippen LogP contribution is -2.39. The molecule has 1 unspecified atom stereocenters. The lowest BCUT2D eigenvalue weighted by molar-refractivity contribution is -0.141. The summed E-state index contributed by atoms with van der Waals surface area (Å²) in [4.78, 5) is 25.1. The van der Waals surface area contributed by atoms with Crippen molar-refractivity contribution < 1.29 is 27.9 Å². The molecule has 1 fully saturated rings. The van der Waals surface area contributed by atoms with Gasteiger partial charge in [0.05, 0.1) is 17.4 Å². The maximum atomic E-state index is 13.5. The molecule has 1 atom stereocenters. The summed E-state index contributed by atoms with van der Waals surface area (Å²) in [5.74, 6) is -1.19. The number of para-hydroxylation sites is 1. The van der Waals surface area contributed by atoms with Gasteiger partial charge in [0.25, 0.3) is 5.91 Å². The highest BCUT2D eigenvalue weighted by atomic mass is 19.4. The molecule has 1 aliphatic rings. The fourth-order valence-electron chi connectivity index (χ4n) is 4.68. The summed E-state index contributed by atoms with van der Waals surface area (Å²) >= 11 is 0. The van der Waals surface area contributed by atoms with E-state index in [2.05, 4.69) is 15.7 Å². The first-order valence-corrected chi connectivity index (χ1v) is 12.2. The minimum atomic E-state index is -4.80. The van der Waals surface area contributed by atoms with E-state index < -0.39 is 29.4 Å². The first kappa shape index (κ1) is 26.4. The topological polar surface area (TPSA) is 96.3 Å². The number of hydrogen-bond acceptors (Lipinski definition) is 4. The SMILES string of the molecule is O=C(NCCNC(=O)[C@H]1CC[C@H](C(O)c2ccccc2)CC1)c1cn(-c2ccccc2)nc1C(F)(F)F. The number of nitrogens with one attached hydrogen (secondary N) is 2. The molecule has 2 aromatic carbocycles. The van der Waals surface area contributed by atoms with E-state index in [-0.39, 0.29) is 30.8 Å². The highest BCUT2D eigenvalue weighted by Crippen LogP contribution is 2.37. The number of aliphatic hydroxyl groups is 1. The Bertz CT molecular complexity index is 1190. The largest absolute Gasteiger partial charge is 0.435 e. The van der Waals surface area contributed by atoms with Crippen molar-refractivity contribution in [3.05, 3.63) is 83.7 Å². The van der Waals surface area contributed by atoms with Gasteiger partial charge in [-0.2, -0.15) is 18.3 Å². The average molecular weight is 515 g/mol. The lowest BCUT2D eigenvalue weighted by atomic mass is 9.77. The standard InChI is InChI=1S/C27H29F3N4O3/c28-27(29,30)24-22(17-34(33-24)21-9-5-2-6-10-21)26(37)32-16-15-31-25(36)20-13-11-19(12-14-20)23(35)18-7-3-1-4-8-18/h1-10,17,19-20,23,35H,11-16H2,(H,31,36)(H,32,37)/t19-,20-,23?. The van der Waals surface area contributed by atoms with E-state index in [0.717, 1.165) is 29.3 Å². The number of carbonyl (C=O) groups is 2. The Morgan fingerprint density at radius 2 is 1.54 bits per heavy atom. The van der Waals surface area contributed by atoms with Crippen LogP contribution in [0.25, 0.3) is 5.69 Å². The molecule has 0 saturated heterocycles. The number of aliphatic hydroxyl groups excluding tert-OH is 1. The molecule has 3 N–H and O–H groups in total. The first-order valence-electron chi connectivity index (χ1n) is 12.2. The van der Waals surface area contributed by atoms with Gasteiger partial charge in [0.15, 0.2) is 5.69 Å². The number of hydrogen-bond donors (Lipinski definition) is 3. The highest BCUT2D eigenvalue weighted by Gasteiger charge is 2.39. The van der Waals surface area contributed by atoms with Crippen LogP contribution in [0.1, 0.15) is 53.4 Å². The Labute approximate surface area is 212 Å². The van der Waals surface area contributed by atoms with Gasteiger partial charge in [-0.25, -0.2) is 4.68 Å². The monoisotopic (exact) mass is 514 g/mol. The summed E-state index contributed by atoms with van der Waals surface area (Å²) in [6.07, 6.45) is -1.59. The summed E-state index contributed by atoms with van der Waals surface area (Å²) < 4.78 is 41.5. The molecule has 7 nitrogen and oxygen atoms in total. The van der Waals surface area contributed by atoms with Crippen LogP contribution in [0.15, 0.2) is 66.9 Å². The van der Waals surface area contributed by atoms with Crippen LogP contribution in [0.2, 0.25) is 0 Å². The normalized spacial score (nSPS) is 18.7. The van der Waals surface area contributed by atoms with Crippen LogP contribution in [-0.2, 0) is 11.0 Å². The second-order valence-corrected chi connectivity index (χ2v) is 9.18. The van der Waals surface area contributed by atoms with E-state index in [4.69, 9.17) is 0 Å². The number of carbonyl (C=O) groups excluding carboxylic acids is 2. The van der Waals surface area contributed by atoms with Gasteiger partial charge in [-0.3, -0.25) is 9.59 Å². The number of aromatic nitrogens is 2. The maximum Gasteiger partial charge on any atom is 0.435 e. The van der Waals surface area contributed by atoms with Crippen molar-refractivity contribution in [2.75, 3.05) is 13.1 Å². The van der Waals surface area contributed by atoms with E-state index in [0.29, 0.717) is 18.5 Å². The smallest absolute Gasteiger partial charge is 0.388 e. The van der Waals surface area contributed by atoms with E-state index in [1.165, 1.54) is 0 Å². The zero-order valence-electron chi connectivity index (χ0n) is 20.1. The molecular formula is C27H29F3N4O3. The second kappa shape index (κ2) is 11.6. The van der Waals surface area contributed by atoms with Crippen molar-refractivity contribution in [1.29, 1.82) is 0 Å². The van der Waals surface area contributed by atoms with Crippen LogP contribution in [0.4, 0.5) is 13.2 Å². The van der Waals surface area contributed by atoms with Gasteiger partial charge in [-0.1, -0.05) is 48.5 Å². The molecule has 3 aromatic rings. The number of halogens is 3. The molecule has 10 heteroatoms. The molecule has 1 heterocycles. The second-order valence-electron chi connectivity index (χ2n) is 9.18. The third kappa shape index (κ3) is 6.56. The van der Waals surface area contributed by atoms with Crippen LogP contribution in [0, 0.1) is 11.8 Å². The zero-order valence-corrected chi connectivity index (χ0v) is 20.1. The minimum Gasteiger partial charge on any atom is -0.388 e. The average Bonchev–Trinajstić information content (AvgIpc) is 3.38. The van der Waals surface area contributed by atoms with E-state index in [9.17, 15) is 27.9 Å². The van der Waals surface area contributed by atoms with E-state index in [1.807, 2.05) is 30.3 Å². The third-order valence-corrected chi connectivity index (χ3v) is 6.69. The maximum absolute atomic E-state index is 13.5. The molecule has 1 saturated carbocycles. The molecule has 0 radical (unpaired) electrons. The Balaban J connectivity index is 1.25. The number of nitrogens with zero attached hydrogens (tertiary/aromatic N) is 2. The van der Waals surface area contributed by atoms with Crippen molar-refractivity contribution in [2.45, 2.75) is 38.0 Å². The minimum absolute atomic E-state index is 0.0273. The van der Waals surface area contributed by atoms with Gasteiger partial charge in [-0.15, -0.1) is 0 Å². The Hall–Kier alpha value is -3.66. The molecule has 2 amide bonds. The number of amides is 2. The van der Waals surface area contributed by atoms with Gasteiger partial charge in [0.1, 0.15) is 0 Å². The molecular weight excluding hydrogens is 485 g/mol. The number of rotatable bonds is 8. The molecule has 196 valence electrons. The third-order valence-electron chi connectivity index (χ3n) is 6.69. The van der Waals surface area contributed by atoms with Gasteiger partial charge in [0, 0.05) is 25.2 Å². The molecule has 37 heavy (non-hydrogen) atoms. The summed E-state index contributed by atoms with van der Waals surface area (Å²) in [6, 6.07) is 17.7. The summed E-state index contributed by atoms with van der Waals surface area (Å²) in [5.41, 5.74) is -0.593. The molecule has 4 rings (SSSR count). The Kier molecular flexibility index (Phi) is 8.27. The van der Waals surface area contributed by atoms with Crippen LogP contribution >= 0.6 is 0 Å². The summed E-state index contributed by atoms with van der Waals surface area (Å²) in [5, 5.41) is 19.4. The van der Waals surface area contributed by atoms with Gasteiger partial charge in [-0.05, 0) is 49.3 Å². The molecule has 1 aliphatic carbocycles. The van der Waals surface area contributed by atoms with Crippen LogP contribution in [-0.4, -0.2) is 39.8 Å². The van der Waals surface area contributed by atoms with E-state index in [1.54, 1.807) is 30.3 Å². The summed E-state index contributed by atoms with van der Waals surface area (Å²) in [7, 11) is 0. The van der Waals surface area contributed by atoms with Crippen molar-refractivity contribution in [2.24, 2.45) is 11.8 Å². The van der Waals surface area contributed by atoms with Crippen molar-refractivity contribution >= 4 is 11.8 Å². The summed E-state index contributed by atoms with van der Waals surface area (Å²) in [6.45, 7) is 0.0613. The lowest BCUT2D eigenvalue weighted by Gasteiger charge is -2.31. The van der Waals surface area contributed by atoms with Crippen molar-refractivity contribution in [1.82, 2.24) is 20.4 Å². The zero-order chi connectivity index (χ0) is 26.4. The highest BCUT2D eigenvalue weighted by molar-refractivity contribution is 5.95. The van der Waals surface area contributed by atoms with Gasteiger partial charge < -0.3 is 15.7 Å². The Morgan fingerprint density at radius 1 is 0.946 bits per heavy atom. The number of alkyl halides is 3. The van der Waals surface area contributed by atoms with Crippen molar-refractivity contribution in [3.63, 3.8) is 0 Å². The van der Waals surface area contributed by atoms with Crippen LogP contribution in [0.5, 0.6) is 0 Å². The molecule has 0 aliphatic heterocycles. The first-order chi connectivity index (χ1) is 17.7. The molecule has 1 aromatic heterocycles. The Morgan fingerprint density at radius 3 is 2.16 bits per heavy atom. The van der Waals surface area contributed by atoms with Gasteiger partial charge >= 0.3 is 6.18 Å². The predicted octanol–water partition coefficient (Wildman–Crippen LogP) is 4.28. The van der Waals surface area contributed by atoms with Crippen molar-refractivity contribution in [3.8, 4) is 5.69 Å². The predicted molar refractivity (Wildman–Crippen MR) is 131 cm³/mol. The number of benzene rings is 2. The van der Waals surface area contributed by atoms with E-state index >= 15 is 0 Å². The fourth-order valence-corrected chi connectivity index (χ4v) is 4.68. The van der Waals surface area contributed by atoms with Crippen LogP contribution < -0.4 is 10.6 Å².